The minimum atomic E-state index is 0.0328. The van der Waals surface area contributed by atoms with E-state index in [0.717, 1.165) is 11.3 Å². The Bertz CT molecular complexity index is 574. The van der Waals surface area contributed by atoms with Crippen molar-refractivity contribution >= 4 is 28.6 Å². The monoisotopic (exact) mass is 254 g/mol. The van der Waals surface area contributed by atoms with Crippen molar-refractivity contribution in [3.8, 4) is 0 Å². The lowest BCUT2D eigenvalue weighted by Gasteiger charge is -2.07. The molecule has 1 aromatic heterocycles. The van der Waals surface area contributed by atoms with Crippen LogP contribution in [0.5, 0.6) is 0 Å². The number of aromatic nitrogens is 1. The van der Waals surface area contributed by atoms with Crippen LogP contribution in [0.1, 0.15) is 11.3 Å². The molecule has 0 unspecified atom stereocenters. The van der Waals surface area contributed by atoms with Gasteiger partial charge in [-0.1, -0.05) is 29.0 Å². The van der Waals surface area contributed by atoms with Crippen molar-refractivity contribution < 1.29 is 0 Å². The SMILES string of the molecule is Cc1csc(=O)n1Cc1ccc(N)cc1Cl. The second-order valence-corrected chi connectivity index (χ2v) is 4.81. The van der Waals surface area contributed by atoms with Gasteiger partial charge in [-0.15, -0.1) is 0 Å². The minimum Gasteiger partial charge on any atom is -0.399 e. The van der Waals surface area contributed by atoms with E-state index in [1.54, 1.807) is 16.7 Å². The first kappa shape index (κ1) is 11.2. The van der Waals surface area contributed by atoms with E-state index in [1.165, 1.54) is 11.3 Å². The molecule has 3 nitrogen and oxygen atoms in total. The van der Waals surface area contributed by atoms with Crippen molar-refractivity contribution in [3.63, 3.8) is 0 Å². The van der Waals surface area contributed by atoms with E-state index in [4.69, 9.17) is 17.3 Å². The van der Waals surface area contributed by atoms with Gasteiger partial charge in [0.25, 0.3) is 0 Å². The standard InChI is InChI=1S/C11H11ClN2OS/c1-7-6-16-11(15)14(7)5-8-2-3-9(13)4-10(8)12/h2-4,6H,5,13H2,1H3. The van der Waals surface area contributed by atoms with Gasteiger partial charge >= 0.3 is 4.87 Å². The third kappa shape index (κ3) is 2.13. The zero-order chi connectivity index (χ0) is 11.7. The molecule has 1 aromatic carbocycles. The maximum absolute atomic E-state index is 11.5. The molecule has 0 radical (unpaired) electrons. The van der Waals surface area contributed by atoms with Gasteiger partial charge in [0.05, 0.1) is 6.54 Å². The Morgan fingerprint density at radius 2 is 2.25 bits per heavy atom. The summed E-state index contributed by atoms with van der Waals surface area (Å²) in [4.78, 5) is 11.6. The minimum absolute atomic E-state index is 0.0328. The van der Waals surface area contributed by atoms with Crippen LogP contribution in [0.4, 0.5) is 5.69 Å². The Morgan fingerprint density at radius 1 is 1.50 bits per heavy atom. The van der Waals surface area contributed by atoms with E-state index in [1.807, 2.05) is 18.4 Å². The Labute approximate surface area is 102 Å². The molecule has 0 aliphatic carbocycles. The number of aryl methyl sites for hydroxylation is 1. The molecule has 2 N–H and O–H groups in total. The second-order valence-electron chi connectivity index (χ2n) is 3.58. The average Bonchev–Trinajstić information content (AvgIpc) is 2.53. The molecule has 0 aliphatic heterocycles. The van der Waals surface area contributed by atoms with Crippen LogP contribution in [-0.4, -0.2) is 4.57 Å². The summed E-state index contributed by atoms with van der Waals surface area (Å²) in [6.07, 6.45) is 0. The fourth-order valence-corrected chi connectivity index (χ4v) is 2.44. The highest BCUT2D eigenvalue weighted by atomic mass is 35.5. The third-order valence-electron chi connectivity index (χ3n) is 2.38. The predicted molar refractivity (Wildman–Crippen MR) is 68.3 cm³/mol. The highest BCUT2D eigenvalue weighted by Gasteiger charge is 2.06. The highest BCUT2D eigenvalue weighted by Crippen LogP contribution is 2.20. The number of thiazole rings is 1. The van der Waals surface area contributed by atoms with Crippen molar-refractivity contribution in [2.24, 2.45) is 0 Å². The van der Waals surface area contributed by atoms with Gasteiger partial charge in [0.15, 0.2) is 0 Å². The van der Waals surface area contributed by atoms with E-state index in [-0.39, 0.29) is 4.87 Å². The van der Waals surface area contributed by atoms with Gasteiger partial charge in [-0.3, -0.25) is 9.36 Å². The maximum atomic E-state index is 11.5. The lowest BCUT2D eigenvalue weighted by molar-refractivity contribution is 0.755. The number of hydrogen-bond donors (Lipinski definition) is 1. The molecular weight excluding hydrogens is 244 g/mol. The summed E-state index contributed by atoms with van der Waals surface area (Å²) in [5, 5.41) is 2.44. The van der Waals surface area contributed by atoms with Crippen molar-refractivity contribution in [1.29, 1.82) is 0 Å². The zero-order valence-electron chi connectivity index (χ0n) is 8.74. The van der Waals surface area contributed by atoms with E-state index in [0.29, 0.717) is 17.3 Å². The molecule has 0 saturated heterocycles. The van der Waals surface area contributed by atoms with E-state index >= 15 is 0 Å². The molecule has 0 fully saturated rings. The molecule has 84 valence electrons. The van der Waals surface area contributed by atoms with Crippen molar-refractivity contribution in [3.05, 3.63) is 49.5 Å². The number of nitrogens with zero attached hydrogens (tertiary/aromatic N) is 1. The van der Waals surface area contributed by atoms with Gasteiger partial charge < -0.3 is 5.73 Å². The average molecular weight is 255 g/mol. The lowest BCUT2D eigenvalue weighted by atomic mass is 10.2. The van der Waals surface area contributed by atoms with Gasteiger partial charge in [0.2, 0.25) is 0 Å². The summed E-state index contributed by atoms with van der Waals surface area (Å²) >= 11 is 7.26. The molecule has 0 spiro atoms. The van der Waals surface area contributed by atoms with Crippen LogP contribution in [0.25, 0.3) is 0 Å². The van der Waals surface area contributed by atoms with Crippen molar-refractivity contribution in [2.45, 2.75) is 13.5 Å². The summed E-state index contributed by atoms with van der Waals surface area (Å²) in [6, 6.07) is 5.33. The van der Waals surface area contributed by atoms with E-state index in [9.17, 15) is 4.79 Å². The zero-order valence-corrected chi connectivity index (χ0v) is 10.3. The van der Waals surface area contributed by atoms with Crippen LogP contribution in [0.2, 0.25) is 5.02 Å². The normalized spacial score (nSPS) is 10.6. The van der Waals surface area contributed by atoms with Crippen LogP contribution < -0.4 is 10.6 Å². The number of rotatable bonds is 2. The quantitative estimate of drug-likeness (QED) is 0.837. The van der Waals surface area contributed by atoms with Crippen LogP contribution in [0.15, 0.2) is 28.4 Å². The van der Waals surface area contributed by atoms with Crippen molar-refractivity contribution in [1.82, 2.24) is 4.57 Å². The third-order valence-corrected chi connectivity index (χ3v) is 3.61. The number of hydrogen-bond acceptors (Lipinski definition) is 3. The highest BCUT2D eigenvalue weighted by molar-refractivity contribution is 7.07. The summed E-state index contributed by atoms with van der Waals surface area (Å²) < 4.78 is 1.70. The first-order chi connectivity index (χ1) is 7.58. The van der Waals surface area contributed by atoms with Crippen LogP contribution in [0.3, 0.4) is 0 Å². The fourth-order valence-electron chi connectivity index (χ4n) is 1.46. The number of halogens is 1. The maximum Gasteiger partial charge on any atom is 0.307 e. The first-order valence-electron chi connectivity index (χ1n) is 4.77. The second kappa shape index (κ2) is 4.31. The summed E-state index contributed by atoms with van der Waals surface area (Å²) in [5.41, 5.74) is 8.09. The van der Waals surface area contributed by atoms with Gasteiger partial charge in [-0.05, 0) is 24.6 Å². The lowest BCUT2D eigenvalue weighted by Crippen LogP contribution is -2.15. The molecule has 2 aromatic rings. The topological polar surface area (TPSA) is 48.0 Å². The summed E-state index contributed by atoms with van der Waals surface area (Å²) in [6.45, 7) is 2.40. The van der Waals surface area contributed by atoms with E-state index < -0.39 is 0 Å². The largest absolute Gasteiger partial charge is 0.399 e. The van der Waals surface area contributed by atoms with Gasteiger partial charge in [0.1, 0.15) is 0 Å². The Kier molecular flexibility index (Phi) is 3.03. The molecule has 0 amide bonds. The molecule has 5 heteroatoms. The number of benzene rings is 1. The number of anilines is 1. The molecule has 0 saturated carbocycles. The molecule has 16 heavy (non-hydrogen) atoms. The van der Waals surface area contributed by atoms with Crippen LogP contribution >= 0.6 is 22.9 Å². The Hall–Kier alpha value is -1.26. The van der Waals surface area contributed by atoms with Gasteiger partial charge in [-0.2, -0.15) is 0 Å². The first-order valence-corrected chi connectivity index (χ1v) is 6.02. The summed E-state index contributed by atoms with van der Waals surface area (Å²) in [7, 11) is 0. The predicted octanol–water partition coefficient (Wildman–Crippen LogP) is 2.50. The van der Waals surface area contributed by atoms with Crippen molar-refractivity contribution in [2.75, 3.05) is 5.73 Å². The Morgan fingerprint density at radius 3 is 2.81 bits per heavy atom. The fraction of sp³-hybridized carbons (Fsp3) is 0.182. The van der Waals surface area contributed by atoms with Gasteiger partial charge in [0, 0.05) is 21.8 Å². The molecule has 0 atom stereocenters. The molecule has 2 rings (SSSR count). The number of nitrogens with two attached hydrogens (primary N) is 1. The smallest absolute Gasteiger partial charge is 0.307 e. The molecule has 1 heterocycles. The van der Waals surface area contributed by atoms with Gasteiger partial charge in [-0.25, -0.2) is 0 Å². The van der Waals surface area contributed by atoms with E-state index in [2.05, 4.69) is 0 Å². The molecule has 0 aliphatic rings. The molecule has 0 bridgehead atoms. The van der Waals surface area contributed by atoms with Crippen LogP contribution in [-0.2, 0) is 6.54 Å². The molecular formula is C11H11ClN2OS. The number of nitrogen functional groups attached to an aromatic ring is 1. The Balaban J connectivity index is 2.38. The van der Waals surface area contributed by atoms with Crippen LogP contribution in [0, 0.1) is 6.92 Å². The summed E-state index contributed by atoms with van der Waals surface area (Å²) in [5.74, 6) is 0.